The first kappa shape index (κ1) is 34.0. The Morgan fingerprint density at radius 2 is 1.82 bits per heavy atom. The smallest absolute Gasteiger partial charge is 0.355 e. The molecule has 2 aromatic heterocycles. The maximum absolute atomic E-state index is 13.5. The number of hydrogen-bond acceptors (Lipinski definition) is 9. The number of carbonyl (C=O) groups excluding carboxylic acids is 1. The highest BCUT2D eigenvalue weighted by molar-refractivity contribution is 7.22. The molecule has 2 atom stereocenters. The van der Waals surface area contributed by atoms with Gasteiger partial charge in [0.15, 0.2) is 27.5 Å². The maximum Gasteiger partial charge on any atom is 0.355 e. The first-order chi connectivity index (χ1) is 24.1. The van der Waals surface area contributed by atoms with Crippen molar-refractivity contribution in [2.24, 2.45) is 11.3 Å². The third-order valence-electron chi connectivity index (χ3n) is 9.88. The van der Waals surface area contributed by atoms with Crippen LogP contribution in [0.4, 0.5) is 10.3 Å². The van der Waals surface area contributed by atoms with Crippen LogP contribution < -0.4 is 19.7 Å². The first-order valence-corrected chi connectivity index (χ1v) is 18.9. The molecule has 1 aliphatic heterocycles. The van der Waals surface area contributed by atoms with Crippen LogP contribution in [-0.4, -0.2) is 46.2 Å². The van der Waals surface area contributed by atoms with Crippen LogP contribution >= 0.6 is 22.7 Å². The summed E-state index contributed by atoms with van der Waals surface area (Å²) in [5.41, 5.74) is 3.64. The number of fused-ring (bicyclic) bond motifs is 2. The van der Waals surface area contributed by atoms with E-state index in [1.54, 1.807) is 0 Å². The third kappa shape index (κ3) is 7.34. The van der Waals surface area contributed by atoms with Crippen LogP contribution in [0.1, 0.15) is 83.3 Å². The second-order valence-corrected chi connectivity index (χ2v) is 16.1. The number of aromatic carboxylic acids is 1. The Bertz CT molecular complexity index is 1990. The monoisotopic (exact) mass is 710 g/mol. The number of para-hydroxylation sites is 3. The molecule has 9 nitrogen and oxygen atoms in total. The number of nitrogens with zero attached hydrogens (tertiary/aromatic N) is 3. The van der Waals surface area contributed by atoms with Crippen molar-refractivity contribution in [3.63, 3.8) is 0 Å². The van der Waals surface area contributed by atoms with Crippen molar-refractivity contribution in [2.75, 3.05) is 23.4 Å². The third-order valence-corrected chi connectivity index (χ3v) is 12.0. The van der Waals surface area contributed by atoms with Crippen molar-refractivity contribution in [3.05, 3.63) is 94.0 Å². The number of hydrogen-bond donors (Lipinski definition) is 2. The van der Waals surface area contributed by atoms with Crippen LogP contribution in [0.25, 0.3) is 10.2 Å². The van der Waals surface area contributed by atoms with Crippen molar-refractivity contribution in [1.29, 1.82) is 0 Å². The molecule has 3 heterocycles. The molecular formula is C39H42N4O5S2. The van der Waals surface area contributed by atoms with Gasteiger partial charge in [-0.25, -0.2) is 14.8 Å². The van der Waals surface area contributed by atoms with E-state index in [1.165, 1.54) is 29.1 Å². The van der Waals surface area contributed by atoms with E-state index >= 15 is 0 Å². The van der Waals surface area contributed by atoms with E-state index in [1.807, 2.05) is 60.7 Å². The number of carboxylic acid groups (broad SMARTS) is 1. The maximum atomic E-state index is 13.5. The summed E-state index contributed by atoms with van der Waals surface area (Å²) in [6, 6.07) is 21.4. The van der Waals surface area contributed by atoms with Crippen LogP contribution in [0.5, 0.6) is 11.5 Å². The summed E-state index contributed by atoms with van der Waals surface area (Å²) in [7, 11) is 0. The number of ether oxygens (including phenoxy) is 2. The van der Waals surface area contributed by atoms with Gasteiger partial charge < -0.3 is 19.5 Å². The highest BCUT2D eigenvalue weighted by Crippen LogP contribution is 2.42. The van der Waals surface area contributed by atoms with E-state index in [0.717, 1.165) is 46.4 Å². The molecule has 0 saturated heterocycles. The minimum absolute atomic E-state index is 0.0787. The van der Waals surface area contributed by atoms with Crippen LogP contribution in [0, 0.1) is 11.3 Å². The molecule has 1 fully saturated rings. The fourth-order valence-electron chi connectivity index (χ4n) is 6.88. The normalized spacial score (nSPS) is 18.4. The molecule has 50 heavy (non-hydrogen) atoms. The van der Waals surface area contributed by atoms with Crippen molar-refractivity contribution in [3.8, 4) is 11.5 Å². The van der Waals surface area contributed by atoms with Crippen molar-refractivity contribution in [1.82, 2.24) is 9.97 Å². The van der Waals surface area contributed by atoms with Gasteiger partial charge in [0, 0.05) is 28.9 Å². The minimum atomic E-state index is -1.04. The average molecular weight is 711 g/mol. The predicted octanol–water partition coefficient (Wildman–Crippen LogP) is 8.87. The van der Waals surface area contributed by atoms with E-state index in [-0.39, 0.29) is 23.1 Å². The molecule has 0 radical (unpaired) electrons. The number of anilines is 2. The Morgan fingerprint density at radius 1 is 1.02 bits per heavy atom. The molecule has 0 spiro atoms. The Balaban J connectivity index is 1.01. The van der Waals surface area contributed by atoms with E-state index < -0.39 is 5.97 Å². The fourth-order valence-corrected chi connectivity index (χ4v) is 8.86. The van der Waals surface area contributed by atoms with Gasteiger partial charge in [0.2, 0.25) is 0 Å². The number of aromatic nitrogens is 2. The zero-order valence-corrected chi connectivity index (χ0v) is 30.2. The SMILES string of the molecule is C[C@H]1CCC(C)(C)C(Oc2ccccc2OCCCc2sc(N3CCc4cccc(C(=O)Nc5nc6ccccc6s5)c4C3)nc2C(=O)O)C1. The van der Waals surface area contributed by atoms with Crippen LogP contribution in [0.15, 0.2) is 66.7 Å². The van der Waals surface area contributed by atoms with Gasteiger partial charge in [-0.05, 0) is 85.9 Å². The number of thiazole rings is 2. The lowest BCUT2D eigenvalue weighted by Gasteiger charge is -2.41. The van der Waals surface area contributed by atoms with Gasteiger partial charge in [0.05, 0.1) is 16.8 Å². The van der Waals surface area contributed by atoms with Gasteiger partial charge in [-0.15, -0.1) is 11.3 Å². The van der Waals surface area contributed by atoms with Gasteiger partial charge >= 0.3 is 5.97 Å². The quantitative estimate of drug-likeness (QED) is 0.131. The Kier molecular flexibility index (Phi) is 9.79. The molecule has 2 N–H and O–H groups in total. The lowest BCUT2D eigenvalue weighted by molar-refractivity contribution is 0.0125. The molecule has 7 rings (SSSR count). The number of carbonyl (C=O) groups is 2. The molecular weight excluding hydrogens is 669 g/mol. The van der Waals surface area contributed by atoms with Crippen LogP contribution in [0.3, 0.4) is 0 Å². The Hall–Kier alpha value is -4.48. The summed E-state index contributed by atoms with van der Waals surface area (Å²) in [6.07, 6.45) is 5.37. The molecule has 0 bridgehead atoms. The fraction of sp³-hybridized carbons (Fsp3) is 0.385. The topological polar surface area (TPSA) is 114 Å². The Labute approximate surface area is 300 Å². The lowest BCUT2D eigenvalue weighted by Crippen LogP contribution is -2.40. The molecule has 3 aromatic carbocycles. The molecule has 1 unspecified atom stereocenters. The Morgan fingerprint density at radius 3 is 2.64 bits per heavy atom. The molecule has 1 saturated carbocycles. The van der Waals surface area contributed by atoms with Crippen LogP contribution in [0.2, 0.25) is 0 Å². The second kappa shape index (κ2) is 14.4. The summed E-state index contributed by atoms with van der Waals surface area (Å²) in [5.74, 6) is 0.840. The van der Waals surface area contributed by atoms with E-state index in [0.29, 0.717) is 64.9 Å². The predicted molar refractivity (Wildman–Crippen MR) is 199 cm³/mol. The molecule has 5 aromatic rings. The van der Waals surface area contributed by atoms with E-state index in [9.17, 15) is 14.7 Å². The van der Waals surface area contributed by atoms with Crippen molar-refractivity contribution >= 4 is 55.0 Å². The lowest BCUT2D eigenvalue weighted by atomic mass is 9.71. The highest BCUT2D eigenvalue weighted by atomic mass is 32.1. The summed E-state index contributed by atoms with van der Waals surface area (Å²) >= 11 is 2.85. The molecule has 11 heteroatoms. The van der Waals surface area contributed by atoms with Crippen LogP contribution in [-0.2, 0) is 19.4 Å². The van der Waals surface area contributed by atoms with Crippen molar-refractivity contribution in [2.45, 2.75) is 71.9 Å². The number of carboxylic acids is 1. The summed E-state index contributed by atoms with van der Waals surface area (Å²) < 4.78 is 13.8. The number of rotatable bonds is 11. The molecule has 1 aliphatic carbocycles. The number of nitrogens with one attached hydrogen (secondary N) is 1. The largest absolute Gasteiger partial charge is 0.490 e. The van der Waals surface area contributed by atoms with Gasteiger partial charge in [0.25, 0.3) is 5.91 Å². The minimum Gasteiger partial charge on any atom is -0.490 e. The van der Waals surface area contributed by atoms with Gasteiger partial charge in [-0.2, -0.15) is 0 Å². The number of benzene rings is 3. The highest BCUT2D eigenvalue weighted by Gasteiger charge is 2.37. The summed E-state index contributed by atoms with van der Waals surface area (Å²) in [4.78, 5) is 37.7. The average Bonchev–Trinajstić information content (AvgIpc) is 3.73. The van der Waals surface area contributed by atoms with E-state index in [4.69, 9.17) is 9.47 Å². The molecule has 1 amide bonds. The standard InChI is InChI=1S/C39H42N4O5S2/c1-24-17-19-39(2,3)33(22-24)48-30-14-6-5-13-29(30)47-21-9-16-32-34(36(45)46)41-38(50-32)43-20-18-25-10-8-11-26(27(25)23-43)35(44)42-37-40-28-12-4-7-15-31(28)49-37/h4-8,10-15,24,33H,9,16-23H2,1-3H3,(H,45,46)(H,40,42,44)/t24-,33?/m0/s1. The zero-order valence-electron chi connectivity index (χ0n) is 28.6. The number of amides is 1. The summed E-state index contributed by atoms with van der Waals surface area (Å²) in [5, 5.41) is 14.2. The second-order valence-electron chi connectivity index (χ2n) is 14.0. The zero-order chi connectivity index (χ0) is 34.8. The molecule has 2 aliphatic rings. The van der Waals surface area contributed by atoms with Gasteiger partial charge in [-0.3, -0.25) is 10.1 Å². The van der Waals surface area contributed by atoms with Gasteiger partial charge in [0.1, 0.15) is 6.10 Å². The first-order valence-electron chi connectivity index (χ1n) is 17.3. The summed E-state index contributed by atoms with van der Waals surface area (Å²) in [6.45, 7) is 8.40. The molecule has 260 valence electrons. The van der Waals surface area contributed by atoms with Gasteiger partial charge in [-0.1, -0.05) is 68.5 Å². The van der Waals surface area contributed by atoms with E-state index in [2.05, 4.69) is 47.0 Å². The van der Waals surface area contributed by atoms with Crippen molar-refractivity contribution < 1.29 is 24.2 Å². The number of aryl methyl sites for hydroxylation is 1.